The van der Waals surface area contributed by atoms with Crippen LogP contribution in [0.5, 0.6) is 17.4 Å². The topological polar surface area (TPSA) is 59.1 Å². The van der Waals surface area contributed by atoms with E-state index in [4.69, 9.17) is 14.2 Å². The second-order valence-corrected chi connectivity index (χ2v) is 7.61. The van der Waals surface area contributed by atoms with Gasteiger partial charge in [0.25, 0.3) is 0 Å². The van der Waals surface area contributed by atoms with E-state index in [2.05, 4.69) is 34.1 Å². The van der Waals surface area contributed by atoms with Gasteiger partial charge in [-0.15, -0.1) is 0 Å². The van der Waals surface area contributed by atoms with Crippen LogP contribution in [0.4, 0.5) is 5.69 Å². The highest BCUT2D eigenvalue weighted by Crippen LogP contribution is 2.36. The number of rotatable bonds is 6. The smallest absolute Gasteiger partial charge is 0.212 e. The van der Waals surface area contributed by atoms with Gasteiger partial charge >= 0.3 is 0 Å². The number of aryl methyl sites for hydroxylation is 1. The van der Waals surface area contributed by atoms with E-state index in [0.717, 1.165) is 36.3 Å². The maximum atomic E-state index is 6.08. The third-order valence-corrected chi connectivity index (χ3v) is 5.40. The first-order chi connectivity index (χ1) is 15.2. The van der Waals surface area contributed by atoms with Crippen molar-refractivity contribution in [2.24, 2.45) is 5.92 Å². The fourth-order valence-corrected chi connectivity index (χ4v) is 3.61. The highest BCUT2D eigenvalue weighted by molar-refractivity contribution is 5.63. The third kappa shape index (κ3) is 5.04. The number of pyridine rings is 1. The molecule has 7 nitrogen and oxygen atoms in total. The molecule has 1 N–H and O–H groups in total. The number of hydrogen-bond donors (Lipinski definition) is 1. The van der Waals surface area contributed by atoms with Gasteiger partial charge in [-0.25, -0.2) is 4.98 Å². The van der Waals surface area contributed by atoms with Gasteiger partial charge in [0.1, 0.15) is 13.3 Å². The first-order valence-electron chi connectivity index (χ1n) is 10.4. The summed E-state index contributed by atoms with van der Waals surface area (Å²) in [7, 11) is 3.25. The first kappa shape index (κ1) is 20.9. The maximum Gasteiger partial charge on any atom is 0.212 e. The number of anilines is 1. The van der Waals surface area contributed by atoms with Gasteiger partial charge in [-0.2, -0.15) is 0 Å². The molecule has 1 saturated heterocycles. The van der Waals surface area contributed by atoms with Crippen molar-refractivity contribution in [2.75, 3.05) is 38.9 Å². The molecular weight excluding hydrogens is 392 g/mol. The highest BCUT2D eigenvalue weighted by Gasteiger charge is 2.18. The van der Waals surface area contributed by atoms with Gasteiger partial charge in [0.15, 0.2) is 11.5 Å². The van der Waals surface area contributed by atoms with Gasteiger partial charge in [-0.3, -0.25) is 4.90 Å². The lowest BCUT2D eigenvalue weighted by Gasteiger charge is -2.22. The Morgan fingerprint density at radius 1 is 1.16 bits per heavy atom. The summed E-state index contributed by atoms with van der Waals surface area (Å²) >= 11 is 0. The normalized spacial score (nSPS) is 17.5. The Hall–Kier alpha value is -3.37. The Morgan fingerprint density at radius 2 is 2.06 bits per heavy atom. The number of nitrogens with one attached hydrogen (secondary N) is 1. The molecule has 0 radical (unpaired) electrons. The predicted molar refractivity (Wildman–Crippen MR) is 120 cm³/mol. The lowest BCUT2D eigenvalue weighted by Crippen LogP contribution is -2.22. The zero-order chi connectivity index (χ0) is 21.6. The molecule has 7 heteroatoms. The average Bonchev–Trinajstić information content (AvgIpc) is 3.49. The van der Waals surface area contributed by atoms with Crippen LogP contribution in [0.2, 0.25) is 0 Å². The SMILES string of the molecule is COc1ccc(COc2cc(N3C=CN(C#CC4CCNC4)C3)c(C)cc2OC)cn1. The molecule has 3 heterocycles. The summed E-state index contributed by atoms with van der Waals surface area (Å²) in [5.74, 6) is 5.78. The van der Waals surface area contributed by atoms with E-state index in [9.17, 15) is 0 Å². The second kappa shape index (κ2) is 9.63. The van der Waals surface area contributed by atoms with Crippen LogP contribution < -0.4 is 24.4 Å². The van der Waals surface area contributed by atoms with E-state index in [0.29, 0.717) is 36.6 Å². The number of benzene rings is 1. The van der Waals surface area contributed by atoms with Crippen molar-refractivity contribution in [3.63, 3.8) is 0 Å². The molecule has 4 rings (SSSR count). The molecule has 0 spiro atoms. The quantitative estimate of drug-likeness (QED) is 0.721. The summed E-state index contributed by atoms with van der Waals surface area (Å²) in [5.41, 5.74) is 3.12. The molecule has 162 valence electrons. The number of aromatic nitrogens is 1. The Kier molecular flexibility index (Phi) is 6.48. The van der Waals surface area contributed by atoms with E-state index >= 15 is 0 Å². The highest BCUT2D eigenvalue weighted by atomic mass is 16.5. The zero-order valence-corrected chi connectivity index (χ0v) is 18.2. The van der Waals surface area contributed by atoms with Gasteiger partial charge in [-0.05, 0) is 37.6 Å². The molecule has 1 unspecified atom stereocenters. The van der Waals surface area contributed by atoms with Crippen molar-refractivity contribution in [1.82, 2.24) is 15.2 Å². The lowest BCUT2D eigenvalue weighted by molar-refractivity contribution is 0.283. The minimum absolute atomic E-state index is 0.388. The van der Waals surface area contributed by atoms with Gasteiger partial charge in [-0.1, -0.05) is 5.92 Å². The zero-order valence-electron chi connectivity index (χ0n) is 18.2. The number of hydrogen-bond acceptors (Lipinski definition) is 7. The van der Waals surface area contributed by atoms with Crippen molar-refractivity contribution < 1.29 is 14.2 Å². The number of nitrogens with zero attached hydrogens (tertiary/aromatic N) is 3. The number of ether oxygens (including phenoxy) is 3. The van der Waals surface area contributed by atoms with E-state index < -0.39 is 0 Å². The minimum Gasteiger partial charge on any atom is -0.493 e. The average molecular weight is 421 g/mol. The van der Waals surface area contributed by atoms with Crippen LogP contribution in [0.3, 0.4) is 0 Å². The van der Waals surface area contributed by atoms with Crippen LogP contribution in [-0.2, 0) is 6.61 Å². The Bertz CT molecular complexity index is 988. The number of methoxy groups -OCH3 is 2. The molecule has 0 amide bonds. The largest absolute Gasteiger partial charge is 0.493 e. The summed E-state index contributed by atoms with van der Waals surface area (Å²) in [6.07, 6.45) is 6.94. The molecule has 1 aromatic carbocycles. The summed E-state index contributed by atoms with van der Waals surface area (Å²) in [6.45, 7) is 5.18. The van der Waals surface area contributed by atoms with E-state index in [-0.39, 0.29) is 0 Å². The van der Waals surface area contributed by atoms with Gasteiger partial charge in [0, 0.05) is 60.5 Å². The molecular formula is C24H28N4O3. The van der Waals surface area contributed by atoms with E-state index in [1.165, 1.54) is 0 Å². The fourth-order valence-electron chi connectivity index (χ4n) is 3.61. The van der Waals surface area contributed by atoms with Crippen LogP contribution >= 0.6 is 0 Å². The van der Waals surface area contributed by atoms with Gasteiger partial charge < -0.3 is 24.4 Å². The third-order valence-electron chi connectivity index (χ3n) is 5.40. The Labute approximate surface area is 183 Å². The molecule has 0 bridgehead atoms. The Balaban J connectivity index is 1.46. The van der Waals surface area contributed by atoms with E-state index in [1.807, 2.05) is 41.6 Å². The molecule has 1 aromatic heterocycles. The molecule has 31 heavy (non-hydrogen) atoms. The van der Waals surface area contributed by atoms with E-state index in [1.54, 1.807) is 20.4 Å². The van der Waals surface area contributed by atoms with Crippen LogP contribution in [0, 0.1) is 24.8 Å². The molecule has 2 aromatic rings. The maximum absolute atomic E-state index is 6.08. The molecule has 0 aliphatic carbocycles. The molecule has 1 atom stereocenters. The van der Waals surface area contributed by atoms with Crippen LogP contribution in [0.25, 0.3) is 0 Å². The summed E-state index contributed by atoms with van der Waals surface area (Å²) in [5, 5.41) is 3.35. The second-order valence-electron chi connectivity index (χ2n) is 7.61. The molecule has 2 aliphatic rings. The van der Waals surface area contributed by atoms with Crippen LogP contribution in [0.15, 0.2) is 42.9 Å². The van der Waals surface area contributed by atoms with Crippen molar-refractivity contribution in [1.29, 1.82) is 0 Å². The van der Waals surface area contributed by atoms with Crippen molar-refractivity contribution in [3.05, 3.63) is 54.0 Å². The Morgan fingerprint density at radius 3 is 2.77 bits per heavy atom. The van der Waals surface area contributed by atoms with Gasteiger partial charge in [0.2, 0.25) is 5.88 Å². The molecule has 2 aliphatic heterocycles. The van der Waals surface area contributed by atoms with Crippen LogP contribution in [-0.4, -0.2) is 43.9 Å². The summed E-state index contributed by atoms with van der Waals surface area (Å²) < 4.78 is 16.7. The lowest BCUT2D eigenvalue weighted by atomic mass is 10.1. The van der Waals surface area contributed by atoms with Crippen molar-refractivity contribution >= 4 is 5.69 Å². The van der Waals surface area contributed by atoms with Crippen LogP contribution in [0.1, 0.15) is 17.5 Å². The standard InChI is InChI=1S/C24H28N4O3/c1-18-12-22(29-2)23(31-16-20-4-5-24(30-3)26-15-20)13-21(18)28-11-10-27(17-28)9-7-19-6-8-25-14-19/h4-5,10-13,15,19,25H,6,8,14,16-17H2,1-3H3. The predicted octanol–water partition coefficient (Wildman–Crippen LogP) is 3.11. The first-order valence-corrected chi connectivity index (χ1v) is 10.4. The minimum atomic E-state index is 0.388. The summed E-state index contributed by atoms with van der Waals surface area (Å²) in [4.78, 5) is 8.41. The van der Waals surface area contributed by atoms with Gasteiger partial charge in [0.05, 0.1) is 14.2 Å². The monoisotopic (exact) mass is 420 g/mol. The van der Waals surface area contributed by atoms with Crippen molar-refractivity contribution in [2.45, 2.75) is 20.0 Å². The molecule has 0 saturated carbocycles. The van der Waals surface area contributed by atoms with Crippen molar-refractivity contribution in [3.8, 4) is 29.3 Å². The fraction of sp³-hybridized carbons (Fsp3) is 0.375. The summed E-state index contributed by atoms with van der Waals surface area (Å²) in [6, 6.07) is 11.1. The molecule has 1 fully saturated rings.